The fourth-order valence-electron chi connectivity index (χ4n) is 2.19. The summed E-state index contributed by atoms with van der Waals surface area (Å²) in [6.45, 7) is 4.06. The smallest absolute Gasteiger partial charge is 0.478 e. The lowest BCUT2D eigenvalue weighted by Gasteiger charge is -2.30. The molecule has 0 atom stereocenters. The maximum absolute atomic E-state index is 12.7. The highest BCUT2D eigenvalue weighted by Crippen LogP contribution is 2.30. The topological polar surface area (TPSA) is 95.9 Å². The van der Waals surface area contributed by atoms with Crippen molar-refractivity contribution in [3.8, 4) is 5.75 Å². The number of nitrogens with one attached hydrogen (secondary N) is 1. The minimum absolute atomic E-state index is 0.0580. The van der Waals surface area contributed by atoms with Crippen molar-refractivity contribution in [1.29, 1.82) is 0 Å². The molecule has 1 aliphatic heterocycles. The van der Waals surface area contributed by atoms with Gasteiger partial charge in [-0.2, -0.15) is 8.42 Å². The molecule has 7 nitrogen and oxygen atoms in total. The van der Waals surface area contributed by atoms with Gasteiger partial charge in [0.15, 0.2) is 5.75 Å². The standard InChI is InChI=1S/C12H15FN2O5S/c1-8-10(12(16)17)6-9(15-4-2-14-3-5-15)7-11(8)20-21(13,18)19/h6-7,14H,2-5H2,1H3,(H,16,17). The van der Waals surface area contributed by atoms with E-state index >= 15 is 0 Å². The van der Waals surface area contributed by atoms with Crippen molar-refractivity contribution in [3.63, 3.8) is 0 Å². The van der Waals surface area contributed by atoms with E-state index < -0.39 is 16.5 Å². The Kier molecular flexibility index (Phi) is 4.33. The van der Waals surface area contributed by atoms with Crippen LogP contribution in [-0.4, -0.2) is 45.7 Å². The molecule has 0 bridgehead atoms. The van der Waals surface area contributed by atoms with E-state index in [1.54, 1.807) is 0 Å². The zero-order valence-electron chi connectivity index (χ0n) is 11.3. The van der Waals surface area contributed by atoms with E-state index in [1.165, 1.54) is 19.1 Å². The van der Waals surface area contributed by atoms with Crippen LogP contribution in [-0.2, 0) is 10.5 Å². The number of hydrogen-bond donors (Lipinski definition) is 2. The van der Waals surface area contributed by atoms with Crippen LogP contribution in [0.15, 0.2) is 12.1 Å². The Labute approximate surface area is 121 Å². The Hall–Kier alpha value is -1.87. The van der Waals surface area contributed by atoms with Gasteiger partial charge in [-0.25, -0.2) is 4.79 Å². The molecule has 0 unspecified atom stereocenters. The second kappa shape index (κ2) is 5.86. The number of benzene rings is 1. The van der Waals surface area contributed by atoms with Gasteiger partial charge >= 0.3 is 16.5 Å². The summed E-state index contributed by atoms with van der Waals surface area (Å²) in [5.41, 5.74) is 0.422. The number of carboxylic acids is 1. The maximum Gasteiger partial charge on any atom is 0.488 e. The minimum atomic E-state index is -5.21. The number of aromatic carboxylic acids is 1. The first-order valence-electron chi connectivity index (χ1n) is 6.25. The molecule has 116 valence electrons. The van der Waals surface area contributed by atoms with Crippen LogP contribution in [0, 0.1) is 6.92 Å². The van der Waals surface area contributed by atoms with E-state index in [0.717, 1.165) is 0 Å². The number of piperazine rings is 1. The van der Waals surface area contributed by atoms with E-state index in [2.05, 4.69) is 9.50 Å². The van der Waals surface area contributed by atoms with Crippen molar-refractivity contribution >= 4 is 22.2 Å². The van der Waals surface area contributed by atoms with Crippen LogP contribution >= 0.6 is 0 Å². The van der Waals surface area contributed by atoms with Crippen LogP contribution in [0.5, 0.6) is 5.75 Å². The molecule has 1 saturated heterocycles. The van der Waals surface area contributed by atoms with Gasteiger partial charge in [-0.1, -0.05) is 3.89 Å². The summed E-state index contributed by atoms with van der Waals surface area (Å²) < 4.78 is 38.3. The molecule has 0 saturated carbocycles. The Morgan fingerprint density at radius 1 is 1.38 bits per heavy atom. The van der Waals surface area contributed by atoms with E-state index in [1.807, 2.05) is 4.90 Å². The summed E-state index contributed by atoms with van der Waals surface area (Å²) in [5.74, 6) is -1.54. The highest BCUT2D eigenvalue weighted by atomic mass is 32.3. The third kappa shape index (κ3) is 3.82. The first kappa shape index (κ1) is 15.5. The third-order valence-corrected chi connectivity index (χ3v) is 3.63. The molecule has 1 aliphatic rings. The van der Waals surface area contributed by atoms with Crippen molar-refractivity contribution < 1.29 is 26.4 Å². The Bertz CT molecular complexity index is 656. The summed E-state index contributed by atoms with van der Waals surface area (Å²) in [4.78, 5) is 13.1. The highest BCUT2D eigenvalue weighted by molar-refractivity contribution is 7.81. The molecule has 0 aliphatic carbocycles. The molecule has 0 spiro atoms. The zero-order valence-corrected chi connectivity index (χ0v) is 12.1. The van der Waals surface area contributed by atoms with Crippen LogP contribution < -0.4 is 14.4 Å². The maximum atomic E-state index is 12.7. The summed E-state index contributed by atoms with van der Waals surface area (Å²) in [6, 6.07) is 2.77. The zero-order chi connectivity index (χ0) is 15.6. The lowest BCUT2D eigenvalue weighted by atomic mass is 10.1. The predicted octanol–water partition coefficient (Wildman–Crippen LogP) is 0.696. The fraction of sp³-hybridized carbons (Fsp3) is 0.417. The monoisotopic (exact) mass is 318 g/mol. The van der Waals surface area contributed by atoms with Gasteiger partial charge < -0.3 is 19.5 Å². The molecule has 1 fully saturated rings. The Balaban J connectivity index is 2.48. The van der Waals surface area contributed by atoms with Crippen LogP contribution in [0.3, 0.4) is 0 Å². The van der Waals surface area contributed by atoms with E-state index in [4.69, 9.17) is 0 Å². The average molecular weight is 318 g/mol. The highest BCUT2D eigenvalue weighted by Gasteiger charge is 2.21. The molecule has 1 heterocycles. The second-order valence-corrected chi connectivity index (χ2v) is 5.59. The van der Waals surface area contributed by atoms with E-state index in [-0.39, 0.29) is 16.9 Å². The summed E-state index contributed by atoms with van der Waals surface area (Å²) in [5, 5.41) is 12.3. The van der Waals surface area contributed by atoms with Gasteiger partial charge in [-0.3, -0.25) is 0 Å². The third-order valence-electron chi connectivity index (χ3n) is 3.25. The number of carbonyl (C=O) groups is 1. The molecule has 2 N–H and O–H groups in total. The Morgan fingerprint density at radius 2 is 2.00 bits per heavy atom. The molecule has 1 aromatic carbocycles. The van der Waals surface area contributed by atoms with Crippen LogP contribution in [0.1, 0.15) is 15.9 Å². The molecule has 1 aromatic rings. The number of rotatable bonds is 4. The van der Waals surface area contributed by atoms with Gasteiger partial charge in [0.2, 0.25) is 0 Å². The molecular weight excluding hydrogens is 303 g/mol. The number of anilines is 1. The molecule has 0 radical (unpaired) electrons. The number of carboxylic acid groups (broad SMARTS) is 1. The van der Waals surface area contributed by atoms with Gasteiger partial charge in [-0.15, -0.1) is 0 Å². The van der Waals surface area contributed by atoms with E-state index in [0.29, 0.717) is 31.9 Å². The number of halogens is 1. The van der Waals surface area contributed by atoms with Crippen molar-refractivity contribution in [2.75, 3.05) is 31.1 Å². The van der Waals surface area contributed by atoms with Gasteiger partial charge in [0, 0.05) is 43.5 Å². The second-order valence-electron chi connectivity index (χ2n) is 4.64. The van der Waals surface area contributed by atoms with Gasteiger partial charge in [0.05, 0.1) is 5.56 Å². The first-order chi connectivity index (χ1) is 9.78. The van der Waals surface area contributed by atoms with Crippen molar-refractivity contribution in [2.24, 2.45) is 0 Å². The SMILES string of the molecule is Cc1c(OS(=O)(=O)F)cc(N2CCNCC2)cc1C(=O)O. The van der Waals surface area contributed by atoms with Crippen molar-refractivity contribution in [3.05, 3.63) is 23.3 Å². The van der Waals surface area contributed by atoms with Gasteiger partial charge in [-0.05, 0) is 13.0 Å². The minimum Gasteiger partial charge on any atom is -0.478 e. The first-order valence-corrected chi connectivity index (χ1v) is 7.56. The molecule has 2 rings (SSSR count). The summed E-state index contributed by atoms with van der Waals surface area (Å²) in [6.07, 6.45) is 0. The molecular formula is C12H15FN2O5S. The van der Waals surface area contributed by atoms with Crippen LogP contribution in [0.2, 0.25) is 0 Å². The predicted molar refractivity (Wildman–Crippen MR) is 73.9 cm³/mol. The van der Waals surface area contributed by atoms with Crippen molar-refractivity contribution in [1.82, 2.24) is 5.32 Å². The molecule has 0 amide bonds. The van der Waals surface area contributed by atoms with Gasteiger partial charge in [0.1, 0.15) is 0 Å². The molecule has 21 heavy (non-hydrogen) atoms. The van der Waals surface area contributed by atoms with Gasteiger partial charge in [0.25, 0.3) is 0 Å². The molecule has 0 aromatic heterocycles. The lowest BCUT2D eigenvalue weighted by molar-refractivity contribution is 0.0695. The number of nitrogens with zero attached hydrogens (tertiary/aromatic N) is 1. The largest absolute Gasteiger partial charge is 0.488 e. The summed E-state index contributed by atoms with van der Waals surface area (Å²) in [7, 11) is -5.21. The van der Waals surface area contributed by atoms with Crippen molar-refractivity contribution in [2.45, 2.75) is 6.92 Å². The van der Waals surface area contributed by atoms with Crippen LogP contribution in [0.4, 0.5) is 9.57 Å². The fourth-order valence-corrected chi connectivity index (χ4v) is 2.58. The van der Waals surface area contributed by atoms with Crippen LogP contribution in [0.25, 0.3) is 0 Å². The lowest BCUT2D eigenvalue weighted by Crippen LogP contribution is -2.43. The summed E-state index contributed by atoms with van der Waals surface area (Å²) >= 11 is 0. The quantitative estimate of drug-likeness (QED) is 0.789. The average Bonchev–Trinajstić information content (AvgIpc) is 2.40. The Morgan fingerprint density at radius 3 is 2.52 bits per heavy atom. The van der Waals surface area contributed by atoms with E-state index in [9.17, 15) is 22.2 Å². The normalized spacial score (nSPS) is 15.8. The molecule has 9 heteroatoms. The number of hydrogen-bond acceptors (Lipinski definition) is 6.